The number of imidazole rings is 1. The number of aromatic nitrogens is 4. The number of hydrogen-bond donors (Lipinski definition) is 1. The molecule has 33 heavy (non-hydrogen) atoms. The third-order valence-corrected chi connectivity index (χ3v) is 5.74. The van der Waals surface area contributed by atoms with Crippen LogP contribution in [0.25, 0.3) is 11.2 Å². The average Bonchev–Trinajstić information content (AvgIpc) is 3.12. The van der Waals surface area contributed by atoms with Gasteiger partial charge in [0, 0.05) is 20.2 Å². The lowest BCUT2D eigenvalue weighted by Crippen LogP contribution is -2.40. The maximum atomic E-state index is 13.8. The summed E-state index contributed by atoms with van der Waals surface area (Å²) >= 11 is 0. The number of nitrogens with zero attached hydrogens (tertiary/aromatic N) is 4. The molecule has 1 aliphatic carbocycles. The van der Waals surface area contributed by atoms with E-state index < -0.39 is 22.9 Å². The fourth-order valence-corrected chi connectivity index (χ4v) is 3.68. The smallest absolute Gasteiger partial charge is 0.332 e. The van der Waals surface area contributed by atoms with Crippen molar-refractivity contribution in [2.75, 3.05) is 13.2 Å². The number of benzene rings is 1. The predicted molar refractivity (Wildman–Crippen MR) is 117 cm³/mol. The van der Waals surface area contributed by atoms with Crippen molar-refractivity contribution >= 4 is 11.2 Å². The molecule has 1 saturated carbocycles. The molecule has 2 heterocycles. The Labute approximate surface area is 188 Å². The van der Waals surface area contributed by atoms with Gasteiger partial charge in [-0.15, -0.1) is 0 Å². The molecule has 3 aromatic rings. The van der Waals surface area contributed by atoms with Gasteiger partial charge in [0.05, 0.1) is 12.6 Å². The molecular formula is C23H24F2N4O4. The molecule has 0 spiro atoms. The minimum absolute atomic E-state index is 0.00532. The second-order valence-corrected chi connectivity index (χ2v) is 7.98. The van der Waals surface area contributed by atoms with Crippen molar-refractivity contribution < 1.29 is 18.6 Å². The molecule has 2 aromatic heterocycles. The highest BCUT2D eigenvalue weighted by Crippen LogP contribution is 2.21. The van der Waals surface area contributed by atoms with Crippen LogP contribution in [0.3, 0.4) is 0 Å². The lowest BCUT2D eigenvalue weighted by molar-refractivity contribution is 0.0217. The third-order valence-electron chi connectivity index (χ3n) is 5.74. The maximum absolute atomic E-state index is 13.8. The SMILES string of the molecule is Cn1c(=O)n(CCCO)c(=O)c2c1nc(C#CCOC1CCC1)n2Cc1ccc(F)c(F)c1. The van der Waals surface area contributed by atoms with Crippen LogP contribution < -0.4 is 11.2 Å². The molecule has 4 rings (SSSR count). The molecule has 1 fully saturated rings. The Morgan fingerprint density at radius 3 is 2.67 bits per heavy atom. The molecule has 1 aliphatic rings. The van der Waals surface area contributed by atoms with Crippen molar-refractivity contribution in [3.8, 4) is 11.8 Å². The number of aliphatic hydroxyl groups is 1. The summed E-state index contributed by atoms with van der Waals surface area (Å²) in [7, 11) is 1.49. The van der Waals surface area contributed by atoms with Crippen molar-refractivity contribution in [2.24, 2.45) is 7.05 Å². The normalized spacial score (nSPS) is 13.7. The Hall–Kier alpha value is -3.29. The minimum Gasteiger partial charge on any atom is -0.396 e. The summed E-state index contributed by atoms with van der Waals surface area (Å²) in [6.45, 7) is 0.0391. The lowest BCUT2D eigenvalue weighted by atomic mass is 9.96. The first-order valence-electron chi connectivity index (χ1n) is 10.8. The zero-order valence-electron chi connectivity index (χ0n) is 18.2. The van der Waals surface area contributed by atoms with Crippen LogP contribution in [-0.4, -0.2) is 43.1 Å². The molecule has 0 saturated heterocycles. The van der Waals surface area contributed by atoms with E-state index in [9.17, 15) is 18.4 Å². The molecule has 10 heteroatoms. The molecule has 0 radical (unpaired) electrons. The van der Waals surface area contributed by atoms with Gasteiger partial charge in [0.1, 0.15) is 6.61 Å². The van der Waals surface area contributed by atoms with Crippen molar-refractivity contribution in [3.05, 3.63) is 62.1 Å². The molecule has 8 nitrogen and oxygen atoms in total. The monoisotopic (exact) mass is 458 g/mol. The van der Waals surface area contributed by atoms with E-state index in [-0.39, 0.29) is 55.8 Å². The lowest BCUT2D eigenvalue weighted by Gasteiger charge is -2.24. The van der Waals surface area contributed by atoms with E-state index in [1.807, 2.05) is 0 Å². The summed E-state index contributed by atoms with van der Waals surface area (Å²) in [5, 5.41) is 9.14. The van der Waals surface area contributed by atoms with Crippen LogP contribution in [0.4, 0.5) is 8.78 Å². The van der Waals surface area contributed by atoms with Gasteiger partial charge in [0.25, 0.3) is 5.56 Å². The standard InChI is InChI=1S/C23H24F2N4O4/c1-27-21-20(22(31)28(23(27)32)10-4-11-30)29(14-15-8-9-17(24)18(25)13-15)19(26-21)7-3-12-33-16-5-2-6-16/h8-9,13,16,30H,2,4-6,10-12,14H2,1H3. The minimum atomic E-state index is -1.01. The second-order valence-electron chi connectivity index (χ2n) is 7.98. The number of ether oxygens (including phenoxy) is 1. The van der Waals surface area contributed by atoms with Gasteiger partial charge in [-0.25, -0.2) is 18.6 Å². The van der Waals surface area contributed by atoms with E-state index in [1.54, 1.807) is 0 Å². The summed E-state index contributed by atoms with van der Waals surface area (Å²) < 4.78 is 36.6. The van der Waals surface area contributed by atoms with Gasteiger partial charge in [0.2, 0.25) is 0 Å². The van der Waals surface area contributed by atoms with Gasteiger partial charge in [-0.05, 0) is 49.3 Å². The quantitative estimate of drug-likeness (QED) is 0.543. The summed E-state index contributed by atoms with van der Waals surface area (Å²) in [5.41, 5.74) is -0.500. The van der Waals surface area contributed by atoms with Gasteiger partial charge >= 0.3 is 5.69 Å². The number of hydrogen-bond acceptors (Lipinski definition) is 5. The summed E-state index contributed by atoms with van der Waals surface area (Å²) in [6, 6.07) is 3.47. The van der Waals surface area contributed by atoms with Crippen molar-refractivity contribution in [1.29, 1.82) is 0 Å². The van der Waals surface area contributed by atoms with Crippen LogP contribution in [-0.2, 0) is 24.9 Å². The van der Waals surface area contributed by atoms with Crippen LogP contribution >= 0.6 is 0 Å². The van der Waals surface area contributed by atoms with Crippen molar-refractivity contribution in [1.82, 2.24) is 18.7 Å². The fourth-order valence-electron chi connectivity index (χ4n) is 3.68. The largest absolute Gasteiger partial charge is 0.396 e. The van der Waals surface area contributed by atoms with E-state index in [2.05, 4.69) is 16.8 Å². The number of fused-ring (bicyclic) bond motifs is 1. The Morgan fingerprint density at radius 2 is 2.00 bits per heavy atom. The van der Waals surface area contributed by atoms with Gasteiger partial charge in [-0.1, -0.05) is 12.0 Å². The number of aryl methyl sites for hydroxylation is 1. The second kappa shape index (κ2) is 9.68. The van der Waals surface area contributed by atoms with Crippen molar-refractivity contribution in [2.45, 2.75) is 44.9 Å². The molecule has 0 aliphatic heterocycles. The summed E-state index contributed by atoms with van der Waals surface area (Å²) in [6.07, 6.45) is 3.58. The first kappa shape index (κ1) is 22.9. The van der Waals surface area contributed by atoms with Crippen LogP contribution in [0.1, 0.15) is 37.1 Å². The molecule has 1 N–H and O–H groups in total. The van der Waals surface area contributed by atoms with E-state index >= 15 is 0 Å². The molecule has 0 bridgehead atoms. The van der Waals surface area contributed by atoms with Crippen LogP contribution in [0, 0.1) is 23.5 Å². The summed E-state index contributed by atoms with van der Waals surface area (Å²) in [5.74, 6) is 4.01. The van der Waals surface area contributed by atoms with Crippen molar-refractivity contribution in [3.63, 3.8) is 0 Å². The van der Waals surface area contributed by atoms with E-state index in [0.29, 0.717) is 5.56 Å². The van der Waals surface area contributed by atoms with Crippen LogP contribution in [0.15, 0.2) is 27.8 Å². The highest BCUT2D eigenvalue weighted by molar-refractivity contribution is 5.72. The van der Waals surface area contributed by atoms with E-state index in [0.717, 1.165) is 36.0 Å². The topological polar surface area (TPSA) is 91.3 Å². The highest BCUT2D eigenvalue weighted by Gasteiger charge is 2.20. The Morgan fingerprint density at radius 1 is 1.21 bits per heavy atom. The number of aliphatic hydroxyl groups excluding tert-OH is 1. The molecule has 1 aromatic carbocycles. The van der Waals surface area contributed by atoms with Gasteiger partial charge < -0.3 is 14.4 Å². The Bertz CT molecular complexity index is 1360. The molecule has 0 amide bonds. The van der Waals surface area contributed by atoms with E-state index in [4.69, 9.17) is 9.84 Å². The zero-order chi connectivity index (χ0) is 23.5. The van der Waals surface area contributed by atoms with Gasteiger partial charge in [0.15, 0.2) is 28.6 Å². The fraction of sp³-hybridized carbons (Fsp3) is 0.435. The highest BCUT2D eigenvalue weighted by atomic mass is 19.2. The third kappa shape index (κ3) is 4.60. The summed E-state index contributed by atoms with van der Waals surface area (Å²) in [4.78, 5) is 30.3. The first-order valence-corrected chi connectivity index (χ1v) is 10.8. The number of rotatable bonds is 7. The van der Waals surface area contributed by atoms with Gasteiger partial charge in [-0.3, -0.25) is 13.9 Å². The zero-order valence-corrected chi connectivity index (χ0v) is 18.2. The Kier molecular flexibility index (Phi) is 6.72. The molecule has 0 atom stereocenters. The molecular weight excluding hydrogens is 434 g/mol. The predicted octanol–water partition coefficient (Wildman–Crippen LogP) is 1.53. The van der Waals surface area contributed by atoms with Gasteiger partial charge in [-0.2, -0.15) is 0 Å². The number of halogens is 2. The average molecular weight is 458 g/mol. The molecule has 174 valence electrons. The van der Waals surface area contributed by atoms with Crippen LogP contribution in [0.5, 0.6) is 0 Å². The maximum Gasteiger partial charge on any atom is 0.332 e. The molecule has 0 unspecified atom stereocenters. The van der Waals surface area contributed by atoms with Crippen LogP contribution in [0.2, 0.25) is 0 Å². The van der Waals surface area contributed by atoms with E-state index in [1.165, 1.54) is 22.2 Å². The Balaban J connectivity index is 1.82. The first-order chi connectivity index (χ1) is 15.9.